The summed E-state index contributed by atoms with van der Waals surface area (Å²) in [5, 5.41) is 4.82. The predicted molar refractivity (Wildman–Crippen MR) is 156 cm³/mol. The highest BCUT2D eigenvalue weighted by Gasteiger charge is 2.27. The lowest BCUT2D eigenvalue weighted by atomic mass is 10.1. The van der Waals surface area contributed by atoms with Crippen LogP contribution in [0.1, 0.15) is 17.4 Å². The van der Waals surface area contributed by atoms with Crippen LogP contribution in [-0.4, -0.2) is 65.3 Å². The third kappa shape index (κ3) is 4.96. The fourth-order valence-electron chi connectivity index (χ4n) is 5.09. The van der Waals surface area contributed by atoms with Crippen molar-refractivity contribution < 1.29 is 14.3 Å². The fourth-order valence-corrected chi connectivity index (χ4v) is 5.09. The molecular weight excluding hydrogens is 502 g/mol. The zero-order valence-electron chi connectivity index (χ0n) is 22.7. The maximum absolute atomic E-state index is 14.0. The van der Waals surface area contributed by atoms with Gasteiger partial charge in [-0.2, -0.15) is 5.10 Å². The van der Waals surface area contributed by atoms with Gasteiger partial charge in [0.25, 0.3) is 5.91 Å². The number of methoxy groups -OCH3 is 1. The molecule has 0 aliphatic carbocycles. The topological polar surface area (TPSA) is 72.2 Å². The Bertz CT molecular complexity index is 1620. The molecule has 1 fully saturated rings. The maximum Gasteiger partial charge on any atom is 0.272 e. The first-order chi connectivity index (χ1) is 19.6. The van der Waals surface area contributed by atoms with Crippen LogP contribution in [0.25, 0.3) is 28.2 Å². The number of para-hydroxylation sites is 2. The van der Waals surface area contributed by atoms with Gasteiger partial charge in [0.1, 0.15) is 17.2 Å². The second kappa shape index (κ2) is 11.1. The molecule has 0 N–H and O–H groups in total. The Morgan fingerprint density at radius 1 is 0.825 bits per heavy atom. The zero-order chi connectivity index (χ0) is 27.5. The summed E-state index contributed by atoms with van der Waals surface area (Å²) in [7, 11) is 1.64. The van der Waals surface area contributed by atoms with E-state index in [9.17, 15) is 4.79 Å². The second-order valence-corrected chi connectivity index (χ2v) is 9.60. The Morgan fingerprint density at radius 2 is 1.52 bits per heavy atom. The number of fused-ring (bicyclic) bond motifs is 1. The standard InChI is InChI=1S/C32H31N5O3/c1-3-40-30-12-8-7-11-28(30)35-17-19-36(20-18-35)32(38)29-21-26(24-13-15-25(39-2)16-14-24)33-31-22-27(34-37(29)31)23-9-5-4-6-10-23/h4-16,21-22H,3,17-20H2,1-2H3. The van der Waals surface area contributed by atoms with Crippen LogP contribution in [0.5, 0.6) is 11.5 Å². The molecule has 202 valence electrons. The van der Waals surface area contributed by atoms with Crippen LogP contribution in [-0.2, 0) is 0 Å². The smallest absolute Gasteiger partial charge is 0.272 e. The molecule has 5 aromatic rings. The Morgan fingerprint density at radius 3 is 2.25 bits per heavy atom. The summed E-state index contributed by atoms with van der Waals surface area (Å²) in [5.74, 6) is 1.57. The Kier molecular flexibility index (Phi) is 7.06. The normalized spacial score (nSPS) is 13.4. The molecule has 3 aromatic carbocycles. The van der Waals surface area contributed by atoms with Gasteiger partial charge in [-0.25, -0.2) is 9.50 Å². The lowest BCUT2D eigenvalue weighted by molar-refractivity contribution is 0.0737. The number of ether oxygens (including phenoxy) is 2. The molecule has 6 rings (SSSR count). The lowest BCUT2D eigenvalue weighted by Crippen LogP contribution is -2.49. The molecular formula is C32H31N5O3. The van der Waals surface area contributed by atoms with Gasteiger partial charge >= 0.3 is 0 Å². The predicted octanol–water partition coefficient (Wildman–Crippen LogP) is 5.43. The monoisotopic (exact) mass is 533 g/mol. The largest absolute Gasteiger partial charge is 0.497 e. The van der Waals surface area contributed by atoms with Crippen LogP contribution in [0.15, 0.2) is 91.0 Å². The van der Waals surface area contributed by atoms with Gasteiger partial charge < -0.3 is 19.3 Å². The molecule has 1 saturated heterocycles. The van der Waals surface area contributed by atoms with Crippen LogP contribution in [0, 0.1) is 0 Å². The first-order valence-electron chi connectivity index (χ1n) is 13.5. The third-order valence-electron chi connectivity index (χ3n) is 7.17. The van der Waals surface area contributed by atoms with Crippen molar-refractivity contribution in [2.45, 2.75) is 6.92 Å². The number of hydrogen-bond donors (Lipinski definition) is 0. The van der Waals surface area contributed by atoms with E-state index >= 15 is 0 Å². The van der Waals surface area contributed by atoms with Gasteiger partial charge in [0.05, 0.1) is 30.8 Å². The lowest BCUT2D eigenvalue weighted by Gasteiger charge is -2.36. The van der Waals surface area contributed by atoms with Crippen molar-refractivity contribution in [1.29, 1.82) is 0 Å². The molecule has 0 unspecified atom stereocenters. The number of carbonyl (C=O) groups excluding carboxylic acids is 1. The molecule has 3 heterocycles. The van der Waals surface area contributed by atoms with E-state index in [0.717, 1.165) is 34.0 Å². The number of carbonyl (C=O) groups is 1. The molecule has 1 aliphatic heterocycles. The van der Waals surface area contributed by atoms with Crippen molar-refractivity contribution in [2.75, 3.05) is 44.8 Å². The van der Waals surface area contributed by atoms with E-state index in [-0.39, 0.29) is 5.91 Å². The number of hydrogen-bond acceptors (Lipinski definition) is 6. The quantitative estimate of drug-likeness (QED) is 0.278. The Hall–Kier alpha value is -4.85. The van der Waals surface area contributed by atoms with Gasteiger partial charge in [-0.3, -0.25) is 4.79 Å². The highest BCUT2D eigenvalue weighted by molar-refractivity contribution is 5.94. The van der Waals surface area contributed by atoms with Gasteiger partial charge in [-0.05, 0) is 49.4 Å². The Balaban J connectivity index is 1.33. The molecule has 0 spiro atoms. The third-order valence-corrected chi connectivity index (χ3v) is 7.17. The van der Waals surface area contributed by atoms with Gasteiger partial charge in [0.15, 0.2) is 5.65 Å². The molecule has 0 bridgehead atoms. The molecule has 2 aromatic heterocycles. The number of piperazine rings is 1. The van der Waals surface area contributed by atoms with Crippen molar-refractivity contribution in [3.8, 4) is 34.0 Å². The van der Waals surface area contributed by atoms with E-state index in [1.807, 2.05) is 96.8 Å². The van der Waals surface area contributed by atoms with Gasteiger partial charge in [0, 0.05) is 43.4 Å². The molecule has 0 radical (unpaired) electrons. The van der Waals surface area contributed by atoms with Crippen molar-refractivity contribution in [3.63, 3.8) is 0 Å². The average molecular weight is 534 g/mol. The summed E-state index contributed by atoms with van der Waals surface area (Å²) in [4.78, 5) is 23.1. The molecule has 1 amide bonds. The zero-order valence-corrected chi connectivity index (χ0v) is 22.7. The summed E-state index contributed by atoms with van der Waals surface area (Å²) in [6, 6.07) is 29.5. The minimum Gasteiger partial charge on any atom is -0.497 e. The van der Waals surface area contributed by atoms with Crippen molar-refractivity contribution in [3.05, 3.63) is 96.7 Å². The number of benzene rings is 3. The minimum atomic E-state index is -0.0670. The number of nitrogens with zero attached hydrogens (tertiary/aromatic N) is 5. The van der Waals surface area contributed by atoms with Crippen LogP contribution in [0.3, 0.4) is 0 Å². The van der Waals surface area contributed by atoms with E-state index < -0.39 is 0 Å². The summed E-state index contributed by atoms with van der Waals surface area (Å²) >= 11 is 0. The molecule has 8 heteroatoms. The number of aromatic nitrogens is 3. The highest BCUT2D eigenvalue weighted by Crippen LogP contribution is 2.30. The first-order valence-corrected chi connectivity index (χ1v) is 13.5. The second-order valence-electron chi connectivity index (χ2n) is 9.60. The van der Waals surface area contributed by atoms with E-state index in [0.29, 0.717) is 49.8 Å². The molecule has 0 saturated carbocycles. The molecule has 40 heavy (non-hydrogen) atoms. The summed E-state index contributed by atoms with van der Waals surface area (Å²) in [6.07, 6.45) is 0. The van der Waals surface area contributed by atoms with E-state index in [1.54, 1.807) is 11.6 Å². The summed E-state index contributed by atoms with van der Waals surface area (Å²) in [5.41, 5.74) is 5.52. The Labute approximate surface area is 233 Å². The SMILES string of the molecule is CCOc1ccccc1N1CCN(C(=O)c2cc(-c3ccc(OC)cc3)nc3cc(-c4ccccc4)nn23)CC1. The minimum absolute atomic E-state index is 0.0670. The van der Waals surface area contributed by atoms with E-state index in [4.69, 9.17) is 19.6 Å². The van der Waals surface area contributed by atoms with Gasteiger partial charge in [-0.15, -0.1) is 0 Å². The van der Waals surface area contributed by atoms with Gasteiger partial charge in [0.2, 0.25) is 0 Å². The molecule has 0 atom stereocenters. The highest BCUT2D eigenvalue weighted by atomic mass is 16.5. The van der Waals surface area contributed by atoms with Gasteiger partial charge in [-0.1, -0.05) is 42.5 Å². The van der Waals surface area contributed by atoms with Crippen LogP contribution in [0.4, 0.5) is 5.69 Å². The van der Waals surface area contributed by atoms with Crippen molar-refractivity contribution >= 4 is 17.2 Å². The van der Waals surface area contributed by atoms with Crippen LogP contribution < -0.4 is 14.4 Å². The first kappa shape index (κ1) is 25.4. The average Bonchev–Trinajstić information content (AvgIpc) is 3.46. The fraction of sp³-hybridized carbons (Fsp3) is 0.219. The number of rotatable bonds is 7. The van der Waals surface area contributed by atoms with Crippen molar-refractivity contribution in [2.24, 2.45) is 0 Å². The van der Waals surface area contributed by atoms with E-state index in [1.165, 1.54) is 0 Å². The van der Waals surface area contributed by atoms with Crippen molar-refractivity contribution in [1.82, 2.24) is 19.5 Å². The number of amides is 1. The molecule has 1 aliphatic rings. The maximum atomic E-state index is 14.0. The number of anilines is 1. The van der Waals surface area contributed by atoms with E-state index in [2.05, 4.69) is 11.0 Å². The van der Waals surface area contributed by atoms with Crippen LogP contribution >= 0.6 is 0 Å². The van der Waals surface area contributed by atoms with Crippen LogP contribution in [0.2, 0.25) is 0 Å². The summed E-state index contributed by atoms with van der Waals surface area (Å²) < 4.78 is 12.8. The summed E-state index contributed by atoms with van der Waals surface area (Å²) in [6.45, 7) is 5.20. The molecule has 8 nitrogen and oxygen atoms in total.